The molecule has 0 bridgehead atoms. The van der Waals surface area contributed by atoms with Gasteiger partial charge < -0.3 is 19.9 Å². The number of carbonyl (C=O) groups excluding carboxylic acids is 1. The van der Waals surface area contributed by atoms with E-state index < -0.39 is 0 Å². The normalized spacial score (nSPS) is 26.8. The number of piperidine rings is 1. The fourth-order valence-corrected chi connectivity index (χ4v) is 3.68. The first-order valence-electron chi connectivity index (χ1n) is 9.30. The van der Waals surface area contributed by atoms with Gasteiger partial charge in [-0.2, -0.15) is 0 Å². The molecule has 0 spiro atoms. The topological polar surface area (TPSA) is 44.8 Å². The highest BCUT2D eigenvalue weighted by atomic mass is 16.6. The smallest absolute Gasteiger partial charge is 0.409 e. The van der Waals surface area contributed by atoms with Crippen LogP contribution in [0.15, 0.2) is 0 Å². The standard InChI is InChI=1S/C18H35N3O2/c1-14(2)13-23-18(22)21-10-8-15(9-11-21)19-16-6-5-7-17(12-16)20(3)4/h14-17,19H,5-13H2,1-4H3/t16-,17+/m1/s1. The summed E-state index contributed by atoms with van der Waals surface area (Å²) < 4.78 is 5.33. The fourth-order valence-electron chi connectivity index (χ4n) is 3.68. The van der Waals surface area contributed by atoms with Gasteiger partial charge in [-0.15, -0.1) is 0 Å². The van der Waals surface area contributed by atoms with Crippen LogP contribution >= 0.6 is 0 Å². The number of nitrogens with zero attached hydrogens (tertiary/aromatic N) is 2. The van der Waals surface area contributed by atoms with E-state index in [0.717, 1.165) is 25.9 Å². The zero-order valence-electron chi connectivity index (χ0n) is 15.4. The Hall–Kier alpha value is -0.810. The zero-order chi connectivity index (χ0) is 16.8. The molecule has 5 heteroatoms. The van der Waals surface area contributed by atoms with E-state index in [9.17, 15) is 4.79 Å². The van der Waals surface area contributed by atoms with E-state index in [4.69, 9.17) is 4.74 Å². The minimum absolute atomic E-state index is 0.137. The molecule has 0 radical (unpaired) electrons. The SMILES string of the molecule is CC(C)COC(=O)N1CCC(N[C@@H]2CCC[C@H](N(C)C)C2)CC1. The largest absolute Gasteiger partial charge is 0.449 e. The first-order valence-corrected chi connectivity index (χ1v) is 9.30. The third-order valence-electron chi connectivity index (χ3n) is 5.14. The Kier molecular flexibility index (Phi) is 7.15. The van der Waals surface area contributed by atoms with Crippen molar-refractivity contribution in [3.05, 3.63) is 0 Å². The molecule has 23 heavy (non-hydrogen) atoms. The summed E-state index contributed by atoms with van der Waals surface area (Å²) in [6.07, 6.45) is 7.14. The maximum Gasteiger partial charge on any atom is 0.409 e. The third-order valence-corrected chi connectivity index (χ3v) is 5.14. The van der Waals surface area contributed by atoms with Crippen LogP contribution in [0.3, 0.4) is 0 Å². The lowest BCUT2D eigenvalue weighted by molar-refractivity contribution is 0.0799. The predicted molar refractivity (Wildman–Crippen MR) is 93.6 cm³/mol. The molecule has 1 saturated carbocycles. The Morgan fingerprint density at radius 1 is 1.17 bits per heavy atom. The number of nitrogens with one attached hydrogen (secondary N) is 1. The summed E-state index contributed by atoms with van der Waals surface area (Å²) in [5, 5.41) is 3.85. The van der Waals surface area contributed by atoms with E-state index in [1.54, 1.807) is 0 Å². The lowest BCUT2D eigenvalue weighted by atomic mass is 9.89. The van der Waals surface area contributed by atoms with Crippen LogP contribution in [0.1, 0.15) is 52.4 Å². The molecule has 1 amide bonds. The Labute approximate surface area is 141 Å². The van der Waals surface area contributed by atoms with Gasteiger partial charge in [-0.3, -0.25) is 0 Å². The molecular formula is C18H35N3O2. The second kappa shape index (κ2) is 8.88. The van der Waals surface area contributed by atoms with Gasteiger partial charge in [-0.25, -0.2) is 4.79 Å². The van der Waals surface area contributed by atoms with Crippen molar-refractivity contribution in [2.45, 2.75) is 70.5 Å². The van der Waals surface area contributed by atoms with Crippen molar-refractivity contribution in [1.82, 2.24) is 15.1 Å². The van der Waals surface area contributed by atoms with Crippen molar-refractivity contribution in [3.63, 3.8) is 0 Å². The number of carbonyl (C=O) groups is 1. The van der Waals surface area contributed by atoms with Crippen molar-refractivity contribution in [2.75, 3.05) is 33.8 Å². The molecule has 2 atom stereocenters. The summed E-state index contributed by atoms with van der Waals surface area (Å²) in [5.41, 5.74) is 0. The molecule has 0 aromatic carbocycles. The maximum atomic E-state index is 12.0. The van der Waals surface area contributed by atoms with Crippen LogP contribution in [0.5, 0.6) is 0 Å². The molecule has 2 rings (SSSR count). The molecule has 1 aliphatic heterocycles. The van der Waals surface area contributed by atoms with Crippen LogP contribution in [-0.2, 0) is 4.74 Å². The average molecular weight is 325 g/mol. The van der Waals surface area contributed by atoms with Crippen molar-refractivity contribution >= 4 is 6.09 Å². The van der Waals surface area contributed by atoms with Gasteiger partial charge in [0.15, 0.2) is 0 Å². The van der Waals surface area contributed by atoms with E-state index in [1.165, 1.54) is 25.7 Å². The van der Waals surface area contributed by atoms with Gasteiger partial charge in [0.2, 0.25) is 0 Å². The quantitative estimate of drug-likeness (QED) is 0.844. The summed E-state index contributed by atoms with van der Waals surface area (Å²) in [6, 6.07) is 1.91. The molecule has 0 unspecified atom stereocenters. The molecule has 1 saturated heterocycles. The molecule has 2 fully saturated rings. The lowest BCUT2D eigenvalue weighted by Crippen LogP contribution is -2.50. The van der Waals surface area contributed by atoms with Crippen LogP contribution in [-0.4, -0.2) is 67.8 Å². The van der Waals surface area contributed by atoms with Crippen molar-refractivity contribution in [1.29, 1.82) is 0 Å². The van der Waals surface area contributed by atoms with Crippen molar-refractivity contribution < 1.29 is 9.53 Å². The van der Waals surface area contributed by atoms with E-state index in [1.807, 2.05) is 4.90 Å². The Morgan fingerprint density at radius 2 is 1.87 bits per heavy atom. The van der Waals surface area contributed by atoms with Gasteiger partial charge >= 0.3 is 6.09 Å². The van der Waals surface area contributed by atoms with Gasteiger partial charge in [-0.05, 0) is 52.1 Å². The molecule has 0 aromatic heterocycles. The molecule has 134 valence electrons. The highest BCUT2D eigenvalue weighted by Gasteiger charge is 2.28. The number of likely N-dealkylation sites (tertiary alicyclic amines) is 1. The van der Waals surface area contributed by atoms with Crippen LogP contribution in [0, 0.1) is 5.92 Å². The Bertz CT molecular complexity index is 365. The minimum atomic E-state index is -0.137. The van der Waals surface area contributed by atoms with E-state index in [-0.39, 0.29) is 6.09 Å². The number of hydrogen-bond donors (Lipinski definition) is 1. The van der Waals surface area contributed by atoms with Crippen molar-refractivity contribution in [2.24, 2.45) is 5.92 Å². The van der Waals surface area contributed by atoms with Crippen LogP contribution in [0.2, 0.25) is 0 Å². The second-order valence-corrected chi connectivity index (χ2v) is 7.88. The van der Waals surface area contributed by atoms with Gasteiger partial charge in [0.1, 0.15) is 0 Å². The zero-order valence-corrected chi connectivity index (χ0v) is 15.4. The fraction of sp³-hybridized carbons (Fsp3) is 0.944. The molecule has 1 heterocycles. The van der Waals surface area contributed by atoms with Crippen molar-refractivity contribution in [3.8, 4) is 0 Å². The first kappa shape index (κ1) is 18.5. The molecule has 1 aliphatic carbocycles. The van der Waals surface area contributed by atoms with Crippen LogP contribution in [0.4, 0.5) is 4.79 Å². The van der Waals surface area contributed by atoms with Gasteiger partial charge in [0.05, 0.1) is 6.61 Å². The number of hydrogen-bond acceptors (Lipinski definition) is 4. The molecule has 2 aliphatic rings. The summed E-state index contributed by atoms with van der Waals surface area (Å²) in [7, 11) is 4.38. The van der Waals surface area contributed by atoms with E-state index >= 15 is 0 Å². The number of ether oxygens (including phenoxy) is 1. The van der Waals surface area contributed by atoms with Crippen LogP contribution in [0.25, 0.3) is 0 Å². The lowest BCUT2D eigenvalue weighted by Gasteiger charge is -2.38. The van der Waals surface area contributed by atoms with Crippen LogP contribution < -0.4 is 5.32 Å². The maximum absolute atomic E-state index is 12.0. The highest BCUT2D eigenvalue weighted by molar-refractivity contribution is 5.67. The van der Waals surface area contributed by atoms with E-state index in [2.05, 4.69) is 38.2 Å². The molecule has 1 N–H and O–H groups in total. The summed E-state index contributed by atoms with van der Waals surface area (Å²) >= 11 is 0. The van der Waals surface area contributed by atoms with Gasteiger partial charge in [-0.1, -0.05) is 20.3 Å². The predicted octanol–water partition coefficient (Wildman–Crippen LogP) is 2.71. The highest BCUT2D eigenvalue weighted by Crippen LogP contribution is 2.23. The second-order valence-electron chi connectivity index (χ2n) is 7.88. The Balaban J connectivity index is 1.69. The van der Waals surface area contributed by atoms with E-state index in [0.29, 0.717) is 30.7 Å². The molecule has 0 aromatic rings. The van der Waals surface area contributed by atoms with Gasteiger partial charge in [0, 0.05) is 31.2 Å². The number of amides is 1. The monoisotopic (exact) mass is 325 g/mol. The molecule has 5 nitrogen and oxygen atoms in total. The third kappa shape index (κ3) is 5.96. The first-order chi connectivity index (χ1) is 11.0. The molecular weight excluding hydrogens is 290 g/mol. The summed E-state index contributed by atoms with van der Waals surface area (Å²) in [4.78, 5) is 16.2. The minimum Gasteiger partial charge on any atom is -0.449 e. The number of rotatable bonds is 5. The average Bonchev–Trinajstić information content (AvgIpc) is 2.53. The van der Waals surface area contributed by atoms with Gasteiger partial charge in [0.25, 0.3) is 0 Å². The summed E-state index contributed by atoms with van der Waals surface area (Å²) in [6.45, 7) is 6.28. The Morgan fingerprint density at radius 3 is 2.48 bits per heavy atom. The summed E-state index contributed by atoms with van der Waals surface area (Å²) in [5.74, 6) is 0.397.